The number of aliphatic hydroxyl groups excluding tert-OH is 3. The molecule has 18 nitrogen and oxygen atoms in total. The molecular formula is C41H72Cl2N10O8Si3. The van der Waals surface area contributed by atoms with Gasteiger partial charge in [0.1, 0.15) is 47.7 Å². The number of nitrogen functional groups attached to an aromatic ring is 2. The van der Waals surface area contributed by atoms with Crippen molar-refractivity contribution in [2.75, 3.05) is 24.7 Å². The van der Waals surface area contributed by atoms with Crippen LogP contribution in [0.4, 0.5) is 11.6 Å². The maximum Gasteiger partial charge on any atom is 0.226 e. The number of aromatic nitrogens is 8. The summed E-state index contributed by atoms with van der Waals surface area (Å²) in [4.78, 5) is 25.1. The van der Waals surface area contributed by atoms with Gasteiger partial charge in [-0.1, -0.05) is 83.1 Å². The van der Waals surface area contributed by atoms with Crippen LogP contribution in [0.5, 0.6) is 0 Å². The molecule has 0 unspecified atom stereocenters. The second kappa shape index (κ2) is 21.7. The van der Waals surface area contributed by atoms with E-state index in [0.717, 1.165) is 36.3 Å². The van der Waals surface area contributed by atoms with Crippen molar-refractivity contribution < 1.29 is 38.1 Å². The summed E-state index contributed by atoms with van der Waals surface area (Å²) in [6.07, 6.45) is -2.69. The average molecular weight is 988 g/mol. The third-order valence-electron chi connectivity index (χ3n) is 14.2. The zero-order valence-electron chi connectivity index (χ0n) is 39.5. The average Bonchev–Trinajstić information content (AvgIpc) is 4.03. The van der Waals surface area contributed by atoms with Gasteiger partial charge in [-0.15, -0.1) is 0 Å². The van der Waals surface area contributed by atoms with Gasteiger partial charge in [0, 0.05) is 0 Å². The SMILES string of the molecule is CC[Si](CC)(OC[C@H]1O[C@@H](n2cnc3c(N)nc(Cl)nc32)[C@H](O[Si](CC)(CC)C(C)C)[C@@H]1O[Si](CC)(CC)C(C)C)C(C)C.Nc1nc(Cl)nc2c1ncn2[C@@H]1O[C@H](CO)[C@@H](O)[C@H]1O. The molecule has 2 aliphatic rings. The quantitative estimate of drug-likeness (QED) is 0.0448. The molecule has 23 heteroatoms. The van der Waals surface area contributed by atoms with Crippen molar-refractivity contribution in [3.8, 4) is 0 Å². The van der Waals surface area contributed by atoms with E-state index in [-0.39, 0.29) is 46.2 Å². The Morgan fingerprint density at radius 3 is 1.42 bits per heavy atom. The van der Waals surface area contributed by atoms with Gasteiger partial charge in [-0.25, -0.2) is 9.97 Å². The highest BCUT2D eigenvalue weighted by atomic mass is 35.5. The molecule has 360 valence electrons. The Labute approximate surface area is 390 Å². The van der Waals surface area contributed by atoms with Gasteiger partial charge in [0.05, 0.1) is 25.9 Å². The second-order valence-electron chi connectivity index (χ2n) is 18.0. The summed E-state index contributed by atoms with van der Waals surface area (Å²) in [5.74, 6) is 0.349. The van der Waals surface area contributed by atoms with Crippen LogP contribution < -0.4 is 11.5 Å². The lowest BCUT2D eigenvalue weighted by Crippen LogP contribution is -2.54. The lowest BCUT2D eigenvalue weighted by atomic mass is 10.1. The van der Waals surface area contributed by atoms with Crippen LogP contribution >= 0.6 is 23.2 Å². The topological polar surface area (TPSA) is 246 Å². The number of imidazole rings is 2. The van der Waals surface area contributed by atoms with E-state index in [1.807, 2.05) is 4.57 Å². The second-order valence-corrected chi connectivity index (χ2v) is 33.5. The summed E-state index contributed by atoms with van der Waals surface area (Å²) in [6.45, 7) is 27.6. The van der Waals surface area contributed by atoms with Crippen molar-refractivity contribution >= 4 is 82.1 Å². The molecule has 0 bridgehead atoms. The number of anilines is 2. The molecule has 0 amide bonds. The van der Waals surface area contributed by atoms with Crippen molar-refractivity contribution in [1.29, 1.82) is 0 Å². The normalized spacial score (nSPS) is 24.5. The molecule has 0 spiro atoms. The predicted octanol–water partition coefficient (Wildman–Crippen LogP) is 7.61. The minimum atomic E-state index is -2.21. The van der Waals surface area contributed by atoms with E-state index in [9.17, 15) is 10.2 Å². The molecule has 0 saturated carbocycles. The lowest BCUT2D eigenvalue weighted by Gasteiger charge is -2.43. The first-order valence-electron chi connectivity index (χ1n) is 22.8. The first kappa shape index (κ1) is 52.6. The maximum atomic E-state index is 9.99. The molecule has 2 saturated heterocycles. The summed E-state index contributed by atoms with van der Waals surface area (Å²) in [5.41, 5.74) is 14.9. The molecule has 6 rings (SSSR count). The van der Waals surface area contributed by atoms with E-state index in [1.54, 1.807) is 6.33 Å². The summed E-state index contributed by atoms with van der Waals surface area (Å²) in [7, 11) is -6.37. The summed E-state index contributed by atoms with van der Waals surface area (Å²) in [5, 5.41) is 28.8. The highest BCUT2D eigenvalue weighted by Crippen LogP contribution is 2.45. The first-order valence-corrected chi connectivity index (χ1v) is 30.8. The molecule has 4 aromatic heterocycles. The molecule has 4 aromatic rings. The number of rotatable bonds is 19. The smallest absolute Gasteiger partial charge is 0.226 e. The van der Waals surface area contributed by atoms with Gasteiger partial charge in [-0.2, -0.15) is 19.9 Å². The highest BCUT2D eigenvalue weighted by molar-refractivity contribution is 6.76. The minimum Gasteiger partial charge on any atom is -0.414 e. The van der Waals surface area contributed by atoms with E-state index < -0.39 is 62.3 Å². The molecule has 0 aromatic carbocycles. The van der Waals surface area contributed by atoms with Gasteiger partial charge >= 0.3 is 0 Å². The standard InChI is InChI=1S/C31H60ClN5O4Si3.C10H12ClN5O4/c1-13-42(14-2,21(7)8)38-19-24-26(40-43(15-3,16-4)22(9)10)27(41-44(17-5,18-6)23(11)12)30(39-24)37-20-34-25-28(33)35-31(32)36-29(25)37;11-10-14-7(12)4-8(15-10)16(2-13-4)9-6(19)5(18)3(1-17)20-9/h20-24,26-27,30H,13-19H2,1-12H3,(H2,33,35,36);2-3,5-6,9,17-19H,1H2,(H2,12,14,15)/t24-,26-,27-,30-;3-,5-,6-,9-/m11/s1. The molecule has 64 heavy (non-hydrogen) atoms. The van der Waals surface area contributed by atoms with Crippen LogP contribution in [0.3, 0.4) is 0 Å². The number of aliphatic hydroxyl groups is 3. The number of fused-ring (bicyclic) bond motifs is 2. The number of nitrogens with zero attached hydrogens (tertiary/aromatic N) is 8. The van der Waals surface area contributed by atoms with Crippen molar-refractivity contribution in [3.63, 3.8) is 0 Å². The van der Waals surface area contributed by atoms with Gasteiger partial charge < -0.3 is 49.5 Å². The fraction of sp³-hybridized carbons (Fsp3) is 0.756. The van der Waals surface area contributed by atoms with Crippen LogP contribution in [-0.2, 0) is 22.8 Å². The Bertz CT molecular complexity index is 2140. The largest absolute Gasteiger partial charge is 0.414 e. The lowest BCUT2D eigenvalue weighted by molar-refractivity contribution is -0.0511. The molecule has 2 aliphatic heterocycles. The third-order valence-corrected chi connectivity index (χ3v) is 30.3. The molecule has 2 fully saturated rings. The van der Waals surface area contributed by atoms with E-state index in [4.69, 9.17) is 62.5 Å². The number of hydrogen-bond acceptors (Lipinski definition) is 16. The van der Waals surface area contributed by atoms with E-state index in [2.05, 4.69) is 113 Å². The Morgan fingerprint density at radius 1 is 0.625 bits per heavy atom. The van der Waals surface area contributed by atoms with Gasteiger partial charge in [-0.3, -0.25) is 9.13 Å². The van der Waals surface area contributed by atoms with Crippen LogP contribution in [-0.4, -0.2) is 129 Å². The van der Waals surface area contributed by atoms with E-state index >= 15 is 0 Å². The van der Waals surface area contributed by atoms with E-state index in [1.165, 1.54) is 10.9 Å². The zero-order chi connectivity index (χ0) is 47.5. The predicted molar refractivity (Wildman–Crippen MR) is 258 cm³/mol. The summed E-state index contributed by atoms with van der Waals surface area (Å²) >= 11 is 12.1. The van der Waals surface area contributed by atoms with Gasteiger partial charge in [0.15, 0.2) is 60.3 Å². The molecule has 8 atom stereocenters. The fourth-order valence-corrected chi connectivity index (χ4v) is 20.4. The van der Waals surface area contributed by atoms with Gasteiger partial charge in [0.2, 0.25) is 10.6 Å². The zero-order valence-corrected chi connectivity index (χ0v) is 44.0. The van der Waals surface area contributed by atoms with Gasteiger partial charge in [0.25, 0.3) is 0 Å². The summed E-state index contributed by atoms with van der Waals surface area (Å²) < 4.78 is 37.9. The number of ether oxygens (including phenoxy) is 2. The molecule has 0 radical (unpaired) electrons. The molecule has 7 N–H and O–H groups in total. The third kappa shape index (κ3) is 10.2. The maximum absolute atomic E-state index is 9.99. The van der Waals surface area contributed by atoms with Crippen molar-refractivity contribution in [2.24, 2.45) is 0 Å². The van der Waals surface area contributed by atoms with Crippen molar-refractivity contribution in [2.45, 2.75) is 185 Å². The Balaban J connectivity index is 0.000000317. The Morgan fingerprint density at radius 2 is 1.03 bits per heavy atom. The number of nitrogens with two attached hydrogens (primary N) is 2. The van der Waals surface area contributed by atoms with Crippen LogP contribution in [0, 0.1) is 0 Å². The first-order chi connectivity index (χ1) is 30.3. The Kier molecular flexibility index (Phi) is 17.8. The minimum absolute atomic E-state index is 0.0662. The van der Waals surface area contributed by atoms with Crippen LogP contribution in [0.1, 0.15) is 95.5 Å². The molecule has 0 aliphatic carbocycles. The van der Waals surface area contributed by atoms with E-state index in [0.29, 0.717) is 39.9 Å². The monoisotopic (exact) mass is 986 g/mol. The Hall–Kier alpha value is -2.39. The van der Waals surface area contributed by atoms with Gasteiger partial charge in [-0.05, 0) is 76.1 Å². The van der Waals surface area contributed by atoms with Crippen LogP contribution in [0.25, 0.3) is 22.3 Å². The van der Waals surface area contributed by atoms with Crippen LogP contribution in [0.2, 0.25) is 63.5 Å². The highest BCUT2D eigenvalue weighted by Gasteiger charge is 2.55. The fourth-order valence-electron chi connectivity index (χ4n) is 9.60. The molecule has 6 heterocycles. The number of halogens is 2. The van der Waals surface area contributed by atoms with Crippen LogP contribution in [0.15, 0.2) is 12.7 Å². The van der Waals surface area contributed by atoms with Crippen molar-refractivity contribution in [3.05, 3.63) is 23.2 Å². The number of hydrogen-bond donors (Lipinski definition) is 5. The summed E-state index contributed by atoms with van der Waals surface area (Å²) in [6, 6.07) is 6.19. The van der Waals surface area contributed by atoms with Crippen molar-refractivity contribution in [1.82, 2.24) is 39.0 Å². The molecular weight excluding hydrogens is 916 g/mol.